The summed E-state index contributed by atoms with van der Waals surface area (Å²) in [7, 11) is 0. The number of aliphatic imine (C=N–C) groups is 1. The fourth-order valence-electron chi connectivity index (χ4n) is 2.30. The maximum atomic E-state index is 5.69. The van der Waals surface area contributed by atoms with E-state index in [0.717, 1.165) is 18.7 Å². The van der Waals surface area contributed by atoms with E-state index in [-0.39, 0.29) is 6.04 Å². The molecule has 1 atom stereocenters. The van der Waals surface area contributed by atoms with Crippen LogP contribution in [0.3, 0.4) is 0 Å². The summed E-state index contributed by atoms with van der Waals surface area (Å²) >= 11 is 0. The second-order valence-corrected chi connectivity index (χ2v) is 4.75. The molecule has 1 aliphatic rings. The van der Waals surface area contributed by atoms with Crippen molar-refractivity contribution in [1.29, 1.82) is 0 Å². The van der Waals surface area contributed by atoms with Gasteiger partial charge in [-0.05, 0) is 17.5 Å². The van der Waals surface area contributed by atoms with Crippen LogP contribution in [0.5, 0.6) is 0 Å². The zero-order valence-corrected chi connectivity index (χ0v) is 10.8. The van der Waals surface area contributed by atoms with Crippen molar-refractivity contribution >= 4 is 5.90 Å². The lowest BCUT2D eigenvalue weighted by Crippen LogP contribution is -2.01. The average Bonchev–Trinajstić information content (AvgIpc) is 2.96. The second kappa shape index (κ2) is 5.70. The summed E-state index contributed by atoms with van der Waals surface area (Å²) in [5.74, 6) is 0.887. The smallest absolute Gasteiger partial charge is 0.184 e. The standard InChI is InChI=1S/C17H17NO/c1-3-7-14(8-4-1)11-12-17-18-16(13-19-17)15-9-5-2-6-10-15/h1-10,16H,11-13H2/t16-/m0/s1. The van der Waals surface area contributed by atoms with Crippen molar-refractivity contribution in [3.05, 3.63) is 71.8 Å². The van der Waals surface area contributed by atoms with Crippen molar-refractivity contribution in [2.75, 3.05) is 6.61 Å². The highest BCUT2D eigenvalue weighted by Crippen LogP contribution is 2.23. The number of benzene rings is 2. The molecule has 96 valence electrons. The van der Waals surface area contributed by atoms with Gasteiger partial charge in [0.1, 0.15) is 12.6 Å². The molecule has 19 heavy (non-hydrogen) atoms. The lowest BCUT2D eigenvalue weighted by atomic mass is 10.1. The minimum Gasteiger partial charge on any atom is -0.478 e. The van der Waals surface area contributed by atoms with E-state index in [1.54, 1.807) is 0 Å². The molecule has 0 unspecified atom stereocenters. The molecule has 0 aliphatic carbocycles. The molecule has 2 heteroatoms. The molecule has 2 nitrogen and oxygen atoms in total. The molecular weight excluding hydrogens is 234 g/mol. The molecule has 0 N–H and O–H groups in total. The molecule has 0 bridgehead atoms. The Morgan fingerprint density at radius 2 is 1.58 bits per heavy atom. The molecule has 2 aromatic carbocycles. The maximum Gasteiger partial charge on any atom is 0.184 e. The van der Waals surface area contributed by atoms with Crippen molar-refractivity contribution in [2.24, 2.45) is 4.99 Å². The molecule has 1 aliphatic heterocycles. The fraction of sp³-hybridized carbons (Fsp3) is 0.235. The summed E-state index contributed by atoms with van der Waals surface area (Å²) in [5, 5.41) is 0. The summed E-state index contributed by atoms with van der Waals surface area (Å²) in [6.45, 7) is 0.675. The number of ether oxygens (including phenoxy) is 1. The van der Waals surface area contributed by atoms with Crippen molar-refractivity contribution < 1.29 is 4.74 Å². The van der Waals surface area contributed by atoms with Crippen LogP contribution in [0.2, 0.25) is 0 Å². The van der Waals surface area contributed by atoms with Crippen LogP contribution in [-0.2, 0) is 11.2 Å². The van der Waals surface area contributed by atoms with Gasteiger partial charge in [0.15, 0.2) is 5.90 Å². The highest BCUT2D eigenvalue weighted by molar-refractivity contribution is 5.78. The highest BCUT2D eigenvalue weighted by Gasteiger charge is 2.19. The van der Waals surface area contributed by atoms with Gasteiger partial charge >= 0.3 is 0 Å². The van der Waals surface area contributed by atoms with Crippen molar-refractivity contribution in [2.45, 2.75) is 18.9 Å². The van der Waals surface area contributed by atoms with Crippen LogP contribution in [0.15, 0.2) is 65.7 Å². The minimum atomic E-state index is 0.173. The van der Waals surface area contributed by atoms with Gasteiger partial charge in [0.25, 0.3) is 0 Å². The molecule has 2 aromatic rings. The normalized spacial score (nSPS) is 17.9. The molecule has 0 radical (unpaired) electrons. The van der Waals surface area contributed by atoms with Gasteiger partial charge < -0.3 is 4.74 Å². The lowest BCUT2D eigenvalue weighted by Gasteiger charge is -2.03. The Morgan fingerprint density at radius 1 is 0.895 bits per heavy atom. The zero-order chi connectivity index (χ0) is 12.9. The van der Waals surface area contributed by atoms with Gasteiger partial charge in [-0.25, -0.2) is 4.99 Å². The molecule has 1 heterocycles. The third-order valence-electron chi connectivity index (χ3n) is 3.36. The molecule has 3 rings (SSSR count). The van der Waals surface area contributed by atoms with Gasteiger partial charge in [0, 0.05) is 6.42 Å². The first-order valence-corrected chi connectivity index (χ1v) is 6.70. The maximum absolute atomic E-state index is 5.69. The van der Waals surface area contributed by atoms with E-state index >= 15 is 0 Å². The number of hydrogen-bond donors (Lipinski definition) is 0. The van der Waals surface area contributed by atoms with Crippen LogP contribution < -0.4 is 0 Å². The molecular formula is C17H17NO. The number of rotatable bonds is 4. The van der Waals surface area contributed by atoms with E-state index in [4.69, 9.17) is 4.74 Å². The predicted molar refractivity (Wildman–Crippen MR) is 77.3 cm³/mol. The van der Waals surface area contributed by atoms with Crippen LogP contribution in [0.4, 0.5) is 0 Å². The monoisotopic (exact) mass is 251 g/mol. The van der Waals surface area contributed by atoms with Crippen molar-refractivity contribution in [3.63, 3.8) is 0 Å². The Hall–Kier alpha value is -2.09. The van der Waals surface area contributed by atoms with Crippen molar-refractivity contribution in [3.8, 4) is 0 Å². The first-order chi connectivity index (χ1) is 9.42. The quantitative estimate of drug-likeness (QED) is 0.810. The van der Waals surface area contributed by atoms with E-state index in [1.807, 2.05) is 24.3 Å². The van der Waals surface area contributed by atoms with Crippen LogP contribution in [-0.4, -0.2) is 12.5 Å². The molecule has 0 aromatic heterocycles. The fourth-order valence-corrected chi connectivity index (χ4v) is 2.30. The summed E-state index contributed by atoms with van der Waals surface area (Å²) in [5.41, 5.74) is 2.56. The van der Waals surface area contributed by atoms with E-state index in [1.165, 1.54) is 11.1 Å². The third kappa shape index (κ3) is 3.02. The van der Waals surface area contributed by atoms with Crippen LogP contribution in [0, 0.1) is 0 Å². The third-order valence-corrected chi connectivity index (χ3v) is 3.36. The highest BCUT2D eigenvalue weighted by atomic mass is 16.5. The van der Waals surface area contributed by atoms with Gasteiger partial charge in [-0.2, -0.15) is 0 Å². The Kier molecular flexibility index (Phi) is 3.59. The summed E-state index contributed by atoms with van der Waals surface area (Å²) < 4.78 is 5.69. The first kappa shape index (κ1) is 12.0. The predicted octanol–water partition coefficient (Wildman–Crippen LogP) is 3.79. The topological polar surface area (TPSA) is 21.6 Å². The summed E-state index contributed by atoms with van der Waals surface area (Å²) in [4.78, 5) is 4.67. The van der Waals surface area contributed by atoms with Gasteiger partial charge in [0.2, 0.25) is 0 Å². The molecule has 0 amide bonds. The largest absolute Gasteiger partial charge is 0.478 e. The van der Waals surface area contributed by atoms with Crippen molar-refractivity contribution in [1.82, 2.24) is 0 Å². The molecule has 0 spiro atoms. The van der Waals surface area contributed by atoms with Gasteiger partial charge in [-0.15, -0.1) is 0 Å². The SMILES string of the molecule is c1ccc(CCC2=N[C@H](c3ccccc3)CO2)cc1. The molecule has 0 fully saturated rings. The molecule has 0 saturated heterocycles. The Labute approximate surface area is 113 Å². The average molecular weight is 251 g/mol. The van der Waals surface area contributed by atoms with E-state index < -0.39 is 0 Å². The van der Waals surface area contributed by atoms with Crippen LogP contribution in [0.25, 0.3) is 0 Å². The number of hydrogen-bond acceptors (Lipinski definition) is 2. The number of aryl methyl sites for hydroxylation is 1. The van der Waals surface area contributed by atoms with E-state index in [0.29, 0.717) is 6.61 Å². The lowest BCUT2D eigenvalue weighted by molar-refractivity contribution is 0.311. The zero-order valence-electron chi connectivity index (χ0n) is 10.8. The Bertz CT molecular complexity index is 548. The van der Waals surface area contributed by atoms with Crippen LogP contribution >= 0.6 is 0 Å². The Morgan fingerprint density at radius 3 is 2.32 bits per heavy atom. The second-order valence-electron chi connectivity index (χ2n) is 4.75. The van der Waals surface area contributed by atoms with Gasteiger partial charge in [0.05, 0.1) is 0 Å². The van der Waals surface area contributed by atoms with E-state index in [2.05, 4.69) is 41.4 Å². The summed E-state index contributed by atoms with van der Waals surface area (Å²) in [6, 6.07) is 21.0. The molecule has 0 saturated carbocycles. The van der Waals surface area contributed by atoms with Gasteiger partial charge in [-0.1, -0.05) is 60.7 Å². The van der Waals surface area contributed by atoms with Crippen LogP contribution in [0.1, 0.15) is 23.6 Å². The Balaban J connectivity index is 1.61. The summed E-state index contributed by atoms with van der Waals surface area (Å²) in [6.07, 6.45) is 1.87. The minimum absolute atomic E-state index is 0.173. The number of nitrogens with zero attached hydrogens (tertiary/aromatic N) is 1. The first-order valence-electron chi connectivity index (χ1n) is 6.70. The van der Waals surface area contributed by atoms with Gasteiger partial charge in [-0.3, -0.25) is 0 Å². The van der Waals surface area contributed by atoms with E-state index in [9.17, 15) is 0 Å².